The second kappa shape index (κ2) is 5.51. The Hall–Kier alpha value is -1.79. The number of carbonyl (C=O) groups excluding carboxylic acids is 1. The van der Waals surface area contributed by atoms with Gasteiger partial charge in [-0.2, -0.15) is 0 Å². The van der Waals surface area contributed by atoms with Crippen LogP contribution in [0.1, 0.15) is 18.4 Å². The van der Waals surface area contributed by atoms with Crippen LogP contribution < -0.4 is 10.6 Å². The second-order valence-electron chi connectivity index (χ2n) is 4.35. The maximum atomic E-state index is 11.6. The minimum atomic E-state index is -0.0279. The van der Waals surface area contributed by atoms with Crippen molar-refractivity contribution in [3.63, 3.8) is 0 Å². The Bertz CT molecular complexity index is 444. The fraction of sp³-hybridized carbons (Fsp3) is 0.357. The summed E-state index contributed by atoms with van der Waals surface area (Å²) in [5.74, 6) is 3.30. The molecule has 0 aromatic heterocycles. The van der Waals surface area contributed by atoms with E-state index in [9.17, 15) is 4.79 Å². The van der Waals surface area contributed by atoms with Gasteiger partial charge in [-0.15, -0.1) is 6.42 Å². The van der Waals surface area contributed by atoms with Gasteiger partial charge in [0.15, 0.2) is 0 Å². The SMILES string of the molecule is C#Cc1cccc(NC(=O)CNCC2CC2)c1. The summed E-state index contributed by atoms with van der Waals surface area (Å²) >= 11 is 0. The monoisotopic (exact) mass is 228 g/mol. The van der Waals surface area contributed by atoms with Crippen LogP contribution in [0.3, 0.4) is 0 Å². The summed E-state index contributed by atoms with van der Waals surface area (Å²) in [4.78, 5) is 11.6. The van der Waals surface area contributed by atoms with Gasteiger partial charge in [0, 0.05) is 11.3 Å². The van der Waals surface area contributed by atoms with Crippen molar-refractivity contribution >= 4 is 11.6 Å². The largest absolute Gasteiger partial charge is 0.325 e. The molecular weight excluding hydrogens is 212 g/mol. The number of hydrogen-bond donors (Lipinski definition) is 2. The van der Waals surface area contributed by atoms with Gasteiger partial charge in [-0.25, -0.2) is 0 Å². The Labute approximate surface area is 102 Å². The van der Waals surface area contributed by atoms with Gasteiger partial charge in [0.2, 0.25) is 5.91 Å². The molecule has 1 aromatic carbocycles. The molecule has 0 bridgehead atoms. The molecule has 3 nitrogen and oxygen atoms in total. The lowest BCUT2D eigenvalue weighted by Gasteiger charge is -2.06. The third-order valence-corrected chi connectivity index (χ3v) is 2.73. The van der Waals surface area contributed by atoms with Crippen molar-refractivity contribution in [3.05, 3.63) is 29.8 Å². The third-order valence-electron chi connectivity index (χ3n) is 2.73. The number of hydrogen-bond acceptors (Lipinski definition) is 2. The number of benzene rings is 1. The van der Waals surface area contributed by atoms with Gasteiger partial charge >= 0.3 is 0 Å². The first-order valence-corrected chi connectivity index (χ1v) is 5.85. The van der Waals surface area contributed by atoms with E-state index in [0.29, 0.717) is 6.54 Å². The zero-order valence-electron chi connectivity index (χ0n) is 9.70. The molecule has 0 unspecified atom stereocenters. The molecule has 1 saturated carbocycles. The van der Waals surface area contributed by atoms with E-state index in [1.807, 2.05) is 18.2 Å². The van der Waals surface area contributed by atoms with Crippen molar-refractivity contribution in [2.75, 3.05) is 18.4 Å². The summed E-state index contributed by atoms with van der Waals surface area (Å²) in [6.07, 6.45) is 7.88. The van der Waals surface area contributed by atoms with E-state index < -0.39 is 0 Å². The average Bonchev–Trinajstić information content (AvgIpc) is 3.13. The number of rotatable bonds is 5. The molecule has 17 heavy (non-hydrogen) atoms. The molecule has 3 heteroatoms. The lowest BCUT2D eigenvalue weighted by Crippen LogP contribution is -2.29. The summed E-state index contributed by atoms with van der Waals surface area (Å²) in [7, 11) is 0. The Morgan fingerprint density at radius 3 is 3.00 bits per heavy atom. The molecule has 1 aliphatic rings. The molecule has 2 rings (SSSR count). The molecule has 0 radical (unpaired) electrons. The second-order valence-corrected chi connectivity index (χ2v) is 4.35. The Balaban J connectivity index is 1.78. The van der Waals surface area contributed by atoms with Crippen molar-refractivity contribution in [1.29, 1.82) is 0 Å². The Kier molecular flexibility index (Phi) is 3.79. The summed E-state index contributed by atoms with van der Waals surface area (Å²) < 4.78 is 0. The predicted octanol–water partition coefficient (Wildman–Crippen LogP) is 1.61. The fourth-order valence-electron chi connectivity index (χ4n) is 1.60. The highest BCUT2D eigenvalue weighted by Gasteiger charge is 2.20. The minimum Gasteiger partial charge on any atom is -0.325 e. The van der Waals surface area contributed by atoms with Gasteiger partial charge in [-0.05, 0) is 43.5 Å². The first-order chi connectivity index (χ1) is 8.28. The fourth-order valence-corrected chi connectivity index (χ4v) is 1.60. The first-order valence-electron chi connectivity index (χ1n) is 5.85. The van der Waals surface area contributed by atoms with Crippen molar-refractivity contribution in [3.8, 4) is 12.3 Å². The standard InChI is InChI=1S/C14H16N2O/c1-2-11-4-3-5-13(8-11)16-14(17)10-15-9-12-6-7-12/h1,3-5,8,12,15H,6-7,9-10H2,(H,16,17). The highest BCUT2D eigenvalue weighted by molar-refractivity contribution is 5.92. The molecule has 1 aromatic rings. The Morgan fingerprint density at radius 1 is 1.47 bits per heavy atom. The first kappa shape index (κ1) is 11.7. The van der Waals surface area contributed by atoms with Crippen LogP contribution in [0.5, 0.6) is 0 Å². The Morgan fingerprint density at radius 2 is 2.29 bits per heavy atom. The van der Waals surface area contributed by atoms with Crippen LogP contribution in [0, 0.1) is 18.3 Å². The quantitative estimate of drug-likeness (QED) is 0.752. The maximum Gasteiger partial charge on any atom is 0.238 e. The molecule has 0 aliphatic heterocycles. The minimum absolute atomic E-state index is 0.0279. The van der Waals surface area contributed by atoms with Gasteiger partial charge in [0.05, 0.1) is 6.54 Å². The predicted molar refractivity (Wildman–Crippen MR) is 68.6 cm³/mol. The number of nitrogens with one attached hydrogen (secondary N) is 2. The van der Waals surface area contributed by atoms with Gasteiger partial charge in [0.1, 0.15) is 0 Å². The molecular formula is C14H16N2O. The van der Waals surface area contributed by atoms with E-state index in [4.69, 9.17) is 6.42 Å². The zero-order chi connectivity index (χ0) is 12.1. The molecule has 0 spiro atoms. The molecule has 1 aliphatic carbocycles. The van der Waals surface area contributed by atoms with Crippen molar-refractivity contribution in [1.82, 2.24) is 5.32 Å². The average molecular weight is 228 g/mol. The molecule has 0 heterocycles. The normalized spacial score (nSPS) is 14.1. The van der Waals surface area contributed by atoms with Crippen LogP contribution in [0.4, 0.5) is 5.69 Å². The van der Waals surface area contributed by atoms with E-state index in [-0.39, 0.29) is 5.91 Å². The third kappa shape index (κ3) is 3.93. The molecule has 2 N–H and O–H groups in total. The van der Waals surface area contributed by atoms with Crippen molar-refractivity contribution < 1.29 is 4.79 Å². The zero-order valence-corrected chi connectivity index (χ0v) is 9.70. The smallest absolute Gasteiger partial charge is 0.238 e. The van der Waals surface area contributed by atoms with E-state index in [2.05, 4.69) is 16.6 Å². The lowest BCUT2D eigenvalue weighted by molar-refractivity contribution is -0.115. The molecule has 0 saturated heterocycles. The van der Waals surface area contributed by atoms with Gasteiger partial charge < -0.3 is 10.6 Å². The summed E-state index contributed by atoms with van der Waals surface area (Å²) in [6, 6.07) is 7.29. The number of anilines is 1. The molecule has 1 amide bonds. The highest BCUT2D eigenvalue weighted by Crippen LogP contribution is 2.27. The molecule has 0 atom stereocenters. The topological polar surface area (TPSA) is 41.1 Å². The van der Waals surface area contributed by atoms with Crippen LogP contribution in [0.15, 0.2) is 24.3 Å². The number of amides is 1. The van der Waals surface area contributed by atoms with Gasteiger partial charge in [0.25, 0.3) is 0 Å². The summed E-state index contributed by atoms with van der Waals surface area (Å²) in [5, 5.41) is 5.96. The van der Waals surface area contributed by atoms with E-state index in [0.717, 1.165) is 23.7 Å². The van der Waals surface area contributed by atoms with Crippen molar-refractivity contribution in [2.24, 2.45) is 5.92 Å². The number of terminal acetylenes is 1. The van der Waals surface area contributed by atoms with E-state index in [1.165, 1.54) is 12.8 Å². The maximum absolute atomic E-state index is 11.6. The lowest BCUT2D eigenvalue weighted by atomic mass is 10.2. The van der Waals surface area contributed by atoms with Crippen LogP contribution >= 0.6 is 0 Å². The van der Waals surface area contributed by atoms with Crippen LogP contribution in [-0.4, -0.2) is 19.0 Å². The van der Waals surface area contributed by atoms with E-state index >= 15 is 0 Å². The molecule has 88 valence electrons. The van der Waals surface area contributed by atoms with Crippen LogP contribution in [-0.2, 0) is 4.79 Å². The van der Waals surface area contributed by atoms with Crippen LogP contribution in [0.2, 0.25) is 0 Å². The molecule has 1 fully saturated rings. The summed E-state index contributed by atoms with van der Waals surface area (Å²) in [5.41, 5.74) is 1.52. The van der Waals surface area contributed by atoms with Crippen molar-refractivity contribution in [2.45, 2.75) is 12.8 Å². The highest BCUT2D eigenvalue weighted by atomic mass is 16.1. The van der Waals surface area contributed by atoms with E-state index in [1.54, 1.807) is 6.07 Å². The summed E-state index contributed by atoms with van der Waals surface area (Å²) in [6.45, 7) is 1.30. The van der Waals surface area contributed by atoms with Crippen LogP contribution in [0.25, 0.3) is 0 Å². The van der Waals surface area contributed by atoms with Gasteiger partial charge in [-0.1, -0.05) is 12.0 Å². The number of carbonyl (C=O) groups is 1. The van der Waals surface area contributed by atoms with Gasteiger partial charge in [-0.3, -0.25) is 4.79 Å².